The van der Waals surface area contributed by atoms with Gasteiger partial charge in [-0.25, -0.2) is 0 Å². The van der Waals surface area contributed by atoms with E-state index in [1.54, 1.807) is 5.57 Å². The average molecular weight is 420 g/mol. The number of fused-ring (bicyclic) bond motifs is 5. The Kier molecular flexibility index (Phi) is 6.24. The maximum atomic E-state index is 6.93. The average Bonchev–Trinajstić information content (AvgIpc) is 3.00. The molecule has 4 aliphatic carbocycles. The lowest BCUT2D eigenvalue weighted by molar-refractivity contribution is -0.0561. The minimum Gasteiger partial charge on any atom is -0.324 e. The van der Waals surface area contributed by atoms with E-state index in [9.17, 15) is 0 Å². The smallest absolute Gasteiger partial charge is 0.0373 e. The fourth-order valence-corrected chi connectivity index (χ4v) is 8.99. The van der Waals surface area contributed by atoms with Crippen LogP contribution in [0, 0.1) is 46.3 Å². The van der Waals surface area contributed by atoms with E-state index in [0.717, 1.165) is 36.0 Å². The molecular weight excluding hydrogens is 374 g/mol. The molecule has 4 rings (SSSR count). The summed E-state index contributed by atoms with van der Waals surface area (Å²) < 4.78 is 0. The van der Waals surface area contributed by atoms with Crippen LogP contribution in [0.1, 0.15) is 98.8 Å². The van der Waals surface area contributed by atoms with Crippen molar-refractivity contribution in [3.05, 3.63) is 11.6 Å². The van der Waals surface area contributed by atoms with Crippen LogP contribution in [-0.4, -0.2) is 11.4 Å². The monoisotopic (exact) mass is 419 g/mol. The second-order valence-corrected chi connectivity index (χ2v) is 13.0. The molecule has 0 amide bonds. The molecule has 9 atom stereocenters. The van der Waals surface area contributed by atoms with Gasteiger partial charge >= 0.3 is 0 Å². The van der Waals surface area contributed by atoms with Crippen molar-refractivity contribution in [3.8, 4) is 0 Å². The maximum absolute atomic E-state index is 6.93. The fraction of sp³-hybridized carbons (Fsp3) is 0.926. The highest BCUT2D eigenvalue weighted by Gasteiger charge is 2.60. The van der Waals surface area contributed by atoms with Gasteiger partial charge in [-0.05, 0) is 91.3 Å². The summed E-state index contributed by atoms with van der Waals surface area (Å²) in [5, 5.41) is 0.328. The largest absolute Gasteiger partial charge is 0.324 e. The number of hydrogen-bond donors (Lipinski definition) is 1. The van der Waals surface area contributed by atoms with Crippen molar-refractivity contribution in [2.45, 2.75) is 110 Å². The van der Waals surface area contributed by atoms with E-state index < -0.39 is 0 Å². The van der Waals surface area contributed by atoms with Gasteiger partial charge in [-0.15, -0.1) is 11.6 Å². The molecule has 2 N–H and O–H groups in total. The van der Waals surface area contributed by atoms with E-state index in [-0.39, 0.29) is 6.04 Å². The lowest BCUT2D eigenvalue weighted by Gasteiger charge is -2.60. The van der Waals surface area contributed by atoms with E-state index in [4.69, 9.17) is 17.3 Å². The van der Waals surface area contributed by atoms with Crippen LogP contribution in [0.15, 0.2) is 11.6 Å². The summed E-state index contributed by atoms with van der Waals surface area (Å²) >= 11 is 6.57. The topological polar surface area (TPSA) is 26.0 Å². The van der Waals surface area contributed by atoms with Crippen LogP contribution in [0.4, 0.5) is 0 Å². The second-order valence-electron chi connectivity index (χ2n) is 12.3. The molecule has 0 spiro atoms. The molecule has 0 aromatic heterocycles. The molecule has 4 aliphatic rings. The summed E-state index contributed by atoms with van der Waals surface area (Å²) in [6, 6.07) is 0.254. The molecule has 2 heteroatoms. The molecular formula is C27H46ClN. The van der Waals surface area contributed by atoms with Gasteiger partial charge in [0.2, 0.25) is 0 Å². The second kappa shape index (κ2) is 8.16. The standard InChI is InChI=1S/C27H46ClN/c1-17(2)7-6-8-18(3)21-9-10-22-25-23(12-14-27(21,22)5)26(4)13-11-20(28)15-19(26)16-24(25)29/h16-18,20-25H,6-15,29H2,1-5H3/t18-,20+,21-,22+,23+,24+,25+,26+,27-/m1/s1. The third-order valence-electron chi connectivity index (χ3n) is 10.3. The quantitative estimate of drug-likeness (QED) is 0.360. The van der Waals surface area contributed by atoms with E-state index >= 15 is 0 Å². The van der Waals surface area contributed by atoms with Crippen LogP contribution in [0.25, 0.3) is 0 Å². The van der Waals surface area contributed by atoms with Gasteiger partial charge in [0.25, 0.3) is 0 Å². The van der Waals surface area contributed by atoms with Crippen molar-refractivity contribution in [2.24, 2.45) is 52.1 Å². The molecule has 166 valence electrons. The number of hydrogen-bond acceptors (Lipinski definition) is 1. The maximum Gasteiger partial charge on any atom is 0.0373 e. The van der Waals surface area contributed by atoms with Gasteiger partial charge in [-0.2, -0.15) is 0 Å². The third kappa shape index (κ3) is 3.75. The summed E-state index contributed by atoms with van der Waals surface area (Å²) in [6.45, 7) is 12.5. The summed E-state index contributed by atoms with van der Waals surface area (Å²) in [6.07, 6.45) is 15.9. The van der Waals surface area contributed by atoms with Crippen LogP contribution in [0.2, 0.25) is 0 Å². The van der Waals surface area contributed by atoms with Gasteiger partial charge in [0.15, 0.2) is 0 Å². The SMILES string of the molecule is CC(C)CCC[C@@H](C)[C@H]1CC[C@H]2[C@@H]3[C@@H](N)C=C4C[C@@H](Cl)CC[C@]4(C)[C@H]3CC[C@]12C. The Labute approximate surface area is 185 Å². The molecule has 0 unspecified atom stereocenters. The van der Waals surface area contributed by atoms with Crippen molar-refractivity contribution in [2.75, 3.05) is 0 Å². The number of allylic oxidation sites excluding steroid dienone is 1. The van der Waals surface area contributed by atoms with Crippen molar-refractivity contribution in [1.29, 1.82) is 0 Å². The van der Waals surface area contributed by atoms with Crippen LogP contribution in [-0.2, 0) is 0 Å². The Balaban J connectivity index is 1.54. The predicted octanol–water partition coefficient (Wildman–Crippen LogP) is 7.57. The van der Waals surface area contributed by atoms with Crippen molar-refractivity contribution >= 4 is 11.6 Å². The molecule has 0 aromatic rings. The van der Waals surface area contributed by atoms with Crippen LogP contribution in [0.5, 0.6) is 0 Å². The lowest BCUT2D eigenvalue weighted by atomic mass is 9.46. The zero-order valence-corrected chi connectivity index (χ0v) is 20.5. The molecule has 0 aliphatic heterocycles. The molecule has 29 heavy (non-hydrogen) atoms. The zero-order chi connectivity index (χ0) is 21.0. The Morgan fingerprint density at radius 2 is 1.79 bits per heavy atom. The first kappa shape index (κ1) is 22.2. The molecule has 0 bridgehead atoms. The summed E-state index contributed by atoms with van der Waals surface area (Å²) in [7, 11) is 0. The molecule has 3 saturated carbocycles. The first-order valence-electron chi connectivity index (χ1n) is 12.8. The lowest BCUT2D eigenvalue weighted by Crippen LogP contribution is -2.56. The van der Waals surface area contributed by atoms with Crippen LogP contribution >= 0.6 is 11.6 Å². The van der Waals surface area contributed by atoms with Gasteiger partial charge in [0.1, 0.15) is 0 Å². The Bertz CT molecular complexity index is 626. The van der Waals surface area contributed by atoms with Crippen molar-refractivity contribution < 1.29 is 0 Å². The Morgan fingerprint density at radius 1 is 1.03 bits per heavy atom. The predicted molar refractivity (Wildman–Crippen MR) is 126 cm³/mol. The highest BCUT2D eigenvalue weighted by molar-refractivity contribution is 6.20. The van der Waals surface area contributed by atoms with Gasteiger partial charge in [0.05, 0.1) is 0 Å². The van der Waals surface area contributed by atoms with Gasteiger partial charge in [0, 0.05) is 11.4 Å². The summed E-state index contributed by atoms with van der Waals surface area (Å²) in [5.41, 5.74) is 9.42. The minimum absolute atomic E-state index is 0.254. The molecule has 0 saturated heterocycles. The Morgan fingerprint density at radius 3 is 2.52 bits per heavy atom. The van der Waals surface area contributed by atoms with Gasteiger partial charge in [-0.3, -0.25) is 0 Å². The van der Waals surface area contributed by atoms with E-state index in [2.05, 4.69) is 40.7 Å². The number of halogens is 1. The highest BCUT2D eigenvalue weighted by Crippen LogP contribution is 2.67. The van der Waals surface area contributed by atoms with E-state index in [1.807, 2.05) is 0 Å². The normalized spacial score (nSPS) is 47.9. The molecule has 3 fully saturated rings. The van der Waals surface area contributed by atoms with E-state index in [1.165, 1.54) is 57.8 Å². The van der Waals surface area contributed by atoms with E-state index in [0.29, 0.717) is 22.1 Å². The first-order chi connectivity index (χ1) is 13.7. The number of alkyl halides is 1. The van der Waals surface area contributed by atoms with Crippen molar-refractivity contribution in [3.63, 3.8) is 0 Å². The number of rotatable bonds is 5. The molecule has 0 heterocycles. The van der Waals surface area contributed by atoms with Gasteiger partial charge in [-0.1, -0.05) is 65.5 Å². The number of nitrogens with two attached hydrogens (primary N) is 1. The Hall–Kier alpha value is -0.0100. The molecule has 1 nitrogen and oxygen atoms in total. The van der Waals surface area contributed by atoms with Crippen LogP contribution in [0.3, 0.4) is 0 Å². The summed E-state index contributed by atoms with van der Waals surface area (Å²) in [5.74, 6) is 4.93. The first-order valence-corrected chi connectivity index (χ1v) is 13.2. The van der Waals surface area contributed by atoms with Gasteiger partial charge < -0.3 is 5.73 Å². The minimum atomic E-state index is 0.254. The highest BCUT2D eigenvalue weighted by atomic mass is 35.5. The fourth-order valence-electron chi connectivity index (χ4n) is 8.72. The van der Waals surface area contributed by atoms with Crippen molar-refractivity contribution in [1.82, 2.24) is 0 Å². The summed E-state index contributed by atoms with van der Waals surface area (Å²) in [4.78, 5) is 0. The molecule has 0 radical (unpaired) electrons. The van der Waals surface area contributed by atoms with Crippen LogP contribution < -0.4 is 5.73 Å². The molecule has 0 aromatic carbocycles. The zero-order valence-electron chi connectivity index (χ0n) is 19.7. The third-order valence-corrected chi connectivity index (χ3v) is 10.7.